The zero-order valence-corrected chi connectivity index (χ0v) is 12.0. The van der Waals surface area contributed by atoms with Crippen LogP contribution in [0.4, 0.5) is 0 Å². The van der Waals surface area contributed by atoms with Crippen LogP contribution in [0, 0.1) is 5.92 Å². The Bertz CT molecular complexity index is 674. The molecular formula is C17H17NO4. The van der Waals surface area contributed by atoms with Gasteiger partial charge in [-0.15, -0.1) is 0 Å². The first-order valence-corrected chi connectivity index (χ1v) is 7.30. The molecule has 1 heterocycles. The maximum Gasteiger partial charge on any atom is 0.326 e. The summed E-state index contributed by atoms with van der Waals surface area (Å²) in [5, 5.41) is 11.8. The lowest BCUT2D eigenvalue weighted by atomic mass is 10.0. The molecule has 1 amide bonds. The van der Waals surface area contributed by atoms with Gasteiger partial charge < -0.3 is 14.8 Å². The highest BCUT2D eigenvalue weighted by atomic mass is 16.4. The maximum atomic E-state index is 12.3. The molecular weight excluding hydrogens is 282 g/mol. The van der Waals surface area contributed by atoms with E-state index in [0.29, 0.717) is 17.9 Å². The number of carbonyl (C=O) groups excluding carboxylic acids is 1. The summed E-state index contributed by atoms with van der Waals surface area (Å²) in [6.07, 6.45) is 5.77. The van der Waals surface area contributed by atoms with Crippen molar-refractivity contribution < 1.29 is 19.1 Å². The molecule has 0 aliphatic heterocycles. The molecule has 1 fully saturated rings. The molecule has 1 saturated carbocycles. The average Bonchev–Trinajstić information content (AvgIpc) is 3.16. The summed E-state index contributed by atoms with van der Waals surface area (Å²) in [6, 6.07) is 8.04. The van der Waals surface area contributed by atoms with Crippen molar-refractivity contribution >= 4 is 11.9 Å². The Labute approximate surface area is 127 Å². The van der Waals surface area contributed by atoms with E-state index in [2.05, 4.69) is 5.32 Å². The molecule has 1 unspecified atom stereocenters. The number of carbonyl (C=O) groups is 2. The number of carboxylic acid groups (broad SMARTS) is 1. The second kappa shape index (κ2) is 6.05. The molecule has 22 heavy (non-hydrogen) atoms. The predicted octanol–water partition coefficient (Wildman–Crippen LogP) is 2.93. The van der Waals surface area contributed by atoms with Gasteiger partial charge in [0, 0.05) is 11.1 Å². The van der Waals surface area contributed by atoms with Gasteiger partial charge in [-0.05, 0) is 36.1 Å². The topological polar surface area (TPSA) is 79.5 Å². The minimum Gasteiger partial charge on any atom is -0.480 e. The Morgan fingerprint density at radius 3 is 2.73 bits per heavy atom. The van der Waals surface area contributed by atoms with Crippen molar-refractivity contribution in [1.29, 1.82) is 0 Å². The Morgan fingerprint density at radius 2 is 2.09 bits per heavy atom. The molecule has 114 valence electrons. The van der Waals surface area contributed by atoms with Gasteiger partial charge in [0.05, 0.1) is 12.5 Å². The van der Waals surface area contributed by atoms with E-state index in [1.165, 1.54) is 0 Å². The first-order valence-electron chi connectivity index (χ1n) is 7.30. The first kappa shape index (κ1) is 14.4. The molecule has 1 aliphatic rings. The van der Waals surface area contributed by atoms with Crippen LogP contribution in [-0.2, 0) is 4.79 Å². The zero-order valence-electron chi connectivity index (χ0n) is 12.0. The van der Waals surface area contributed by atoms with Crippen LogP contribution in [-0.4, -0.2) is 23.0 Å². The van der Waals surface area contributed by atoms with Crippen LogP contribution >= 0.6 is 0 Å². The van der Waals surface area contributed by atoms with E-state index < -0.39 is 12.0 Å². The lowest BCUT2D eigenvalue weighted by Crippen LogP contribution is -2.41. The molecule has 0 saturated heterocycles. The molecule has 1 aromatic heterocycles. The predicted molar refractivity (Wildman–Crippen MR) is 80.4 cm³/mol. The molecule has 5 nitrogen and oxygen atoms in total. The molecule has 3 rings (SSSR count). The third kappa shape index (κ3) is 3.36. The van der Waals surface area contributed by atoms with Crippen molar-refractivity contribution in [3.05, 3.63) is 48.4 Å². The second-order valence-electron chi connectivity index (χ2n) is 5.64. The van der Waals surface area contributed by atoms with Gasteiger partial charge in [-0.25, -0.2) is 4.79 Å². The van der Waals surface area contributed by atoms with E-state index in [4.69, 9.17) is 4.42 Å². The molecule has 0 bridgehead atoms. The van der Waals surface area contributed by atoms with Crippen LogP contribution < -0.4 is 5.32 Å². The summed E-state index contributed by atoms with van der Waals surface area (Å²) in [6.45, 7) is 0. The molecule has 2 aromatic rings. The zero-order chi connectivity index (χ0) is 15.5. The fraction of sp³-hybridized carbons (Fsp3) is 0.294. The smallest absolute Gasteiger partial charge is 0.326 e. The number of rotatable bonds is 6. The molecule has 0 radical (unpaired) electrons. The number of hydrogen-bond donors (Lipinski definition) is 2. The minimum atomic E-state index is -0.980. The molecule has 0 spiro atoms. The van der Waals surface area contributed by atoms with Crippen molar-refractivity contribution in [2.24, 2.45) is 5.92 Å². The standard InChI is InChI=1S/C17H17NO4/c19-16(18-15(17(20)21)8-11-4-5-11)13-3-1-2-12(9-13)14-6-7-22-10-14/h1-3,6-7,9-11,15H,4-5,8H2,(H,18,19)(H,20,21). The fourth-order valence-corrected chi connectivity index (χ4v) is 2.42. The third-order valence-electron chi connectivity index (χ3n) is 3.85. The van der Waals surface area contributed by atoms with Crippen LogP contribution in [0.15, 0.2) is 47.3 Å². The number of nitrogens with one attached hydrogen (secondary N) is 1. The van der Waals surface area contributed by atoms with Crippen LogP contribution in [0.2, 0.25) is 0 Å². The van der Waals surface area contributed by atoms with E-state index in [9.17, 15) is 14.7 Å². The number of hydrogen-bond acceptors (Lipinski definition) is 3. The quantitative estimate of drug-likeness (QED) is 0.859. The third-order valence-corrected chi connectivity index (χ3v) is 3.85. The summed E-state index contributed by atoms with van der Waals surface area (Å²) in [4.78, 5) is 23.5. The van der Waals surface area contributed by atoms with E-state index in [-0.39, 0.29) is 5.91 Å². The van der Waals surface area contributed by atoms with Gasteiger partial charge in [0.15, 0.2) is 0 Å². The Hall–Kier alpha value is -2.56. The summed E-state index contributed by atoms with van der Waals surface area (Å²) in [5.41, 5.74) is 2.18. The van der Waals surface area contributed by atoms with Crippen molar-refractivity contribution in [2.75, 3.05) is 0 Å². The molecule has 1 aliphatic carbocycles. The summed E-state index contributed by atoms with van der Waals surface area (Å²) < 4.78 is 5.04. The Kier molecular flexibility index (Phi) is 3.96. The highest BCUT2D eigenvalue weighted by Gasteiger charge is 2.30. The maximum absolute atomic E-state index is 12.3. The second-order valence-corrected chi connectivity index (χ2v) is 5.64. The number of carboxylic acids is 1. The van der Waals surface area contributed by atoms with Crippen molar-refractivity contribution in [2.45, 2.75) is 25.3 Å². The van der Waals surface area contributed by atoms with Crippen LogP contribution in [0.25, 0.3) is 11.1 Å². The van der Waals surface area contributed by atoms with Crippen LogP contribution in [0.5, 0.6) is 0 Å². The Morgan fingerprint density at radius 1 is 1.27 bits per heavy atom. The highest BCUT2D eigenvalue weighted by Crippen LogP contribution is 2.33. The van der Waals surface area contributed by atoms with E-state index in [1.807, 2.05) is 12.1 Å². The molecule has 1 atom stereocenters. The van der Waals surface area contributed by atoms with Crippen molar-refractivity contribution in [3.8, 4) is 11.1 Å². The van der Waals surface area contributed by atoms with Gasteiger partial charge >= 0.3 is 5.97 Å². The summed E-state index contributed by atoms with van der Waals surface area (Å²) >= 11 is 0. The number of aliphatic carboxylic acids is 1. The fourth-order valence-electron chi connectivity index (χ4n) is 2.42. The van der Waals surface area contributed by atoms with Gasteiger partial charge in [0.1, 0.15) is 6.04 Å². The lowest BCUT2D eigenvalue weighted by molar-refractivity contribution is -0.139. The van der Waals surface area contributed by atoms with Gasteiger partial charge in [-0.3, -0.25) is 4.79 Å². The first-order chi connectivity index (χ1) is 10.6. The summed E-state index contributed by atoms with van der Waals surface area (Å²) in [5.74, 6) is -0.914. The van der Waals surface area contributed by atoms with Crippen molar-refractivity contribution in [3.63, 3.8) is 0 Å². The average molecular weight is 299 g/mol. The molecule has 1 aromatic carbocycles. The highest BCUT2D eigenvalue weighted by molar-refractivity contribution is 5.97. The number of benzene rings is 1. The van der Waals surface area contributed by atoms with Gasteiger partial charge in [-0.2, -0.15) is 0 Å². The van der Waals surface area contributed by atoms with Gasteiger partial charge in [0.25, 0.3) is 5.91 Å². The van der Waals surface area contributed by atoms with Crippen LogP contribution in [0.1, 0.15) is 29.6 Å². The Balaban J connectivity index is 1.73. The van der Waals surface area contributed by atoms with Crippen LogP contribution in [0.3, 0.4) is 0 Å². The monoisotopic (exact) mass is 299 g/mol. The minimum absolute atomic E-state index is 0.363. The lowest BCUT2D eigenvalue weighted by Gasteiger charge is -2.14. The molecule has 2 N–H and O–H groups in total. The summed E-state index contributed by atoms with van der Waals surface area (Å²) in [7, 11) is 0. The van der Waals surface area contributed by atoms with Gasteiger partial charge in [0.2, 0.25) is 0 Å². The number of amides is 1. The normalized spacial score (nSPS) is 15.3. The van der Waals surface area contributed by atoms with E-state index in [1.54, 1.807) is 30.7 Å². The van der Waals surface area contributed by atoms with E-state index in [0.717, 1.165) is 24.0 Å². The van der Waals surface area contributed by atoms with Crippen molar-refractivity contribution in [1.82, 2.24) is 5.32 Å². The largest absolute Gasteiger partial charge is 0.480 e. The SMILES string of the molecule is O=C(NC(CC1CC1)C(=O)O)c1cccc(-c2ccoc2)c1. The van der Waals surface area contributed by atoms with Gasteiger partial charge in [-0.1, -0.05) is 25.0 Å². The molecule has 5 heteroatoms. The number of furan rings is 1. The van der Waals surface area contributed by atoms with E-state index >= 15 is 0 Å².